The Kier molecular flexibility index (Phi) is 5.69. The number of halogens is 2. The summed E-state index contributed by atoms with van der Waals surface area (Å²) in [6, 6.07) is 5.42. The van der Waals surface area contributed by atoms with Crippen LogP contribution in [0.25, 0.3) is 0 Å². The van der Waals surface area contributed by atoms with Gasteiger partial charge in [0.05, 0.1) is 0 Å². The summed E-state index contributed by atoms with van der Waals surface area (Å²) >= 11 is 12.5. The topological polar surface area (TPSA) is 54.0 Å². The van der Waals surface area contributed by atoms with E-state index in [-0.39, 0.29) is 5.91 Å². The van der Waals surface area contributed by atoms with E-state index < -0.39 is 10.5 Å². The molecule has 0 aliphatic carbocycles. The zero-order valence-corrected chi connectivity index (χ0v) is 11.9. The maximum atomic E-state index is 11.2. The van der Waals surface area contributed by atoms with Crippen LogP contribution in [0.2, 0.25) is 0 Å². The first kappa shape index (κ1) is 15.1. The summed E-state index contributed by atoms with van der Waals surface area (Å²) < 4.78 is -1.09. The lowest BCUT2D eigenvalue weighted by atomic mass is 10.2. The van der Waals surface area contributed by atoms with E-state index >= 15 is 0 Å². The Morgan fingerprint density at radius 3 is 2.72 bits per heavy atom. The molecule has 0 radical (unpaired) electrons. The van der Waals surface area contributed by atoms with E-state index in [0.717, 1.165) is 6.42 Å². The highest BCUT2D eigenvalue weighted by Gasteiger charge is 2.35. The van der Waals surface area contributed by atoms with Crippen molar-refractivity contribution in [2.75, 3.05) is 5.32 Å². The molecule has 1 aromatic rings. The van der Waals surface area contributed by atoms with Gasteiger partial charge in [0.2, 0.25) is 5.91 Å². The van der Waals surface area contributed by atoms with Crippen LogP contribution >= 0.6 is 23.2 Å². The van der Waals surface area contributed by atoms with Crippen molar-refractivity contribution in [3.05, 3.63) is 24.4 Å². The molecule has 2 N–H and O–H groups in total. The standard InChI is InChI=1S/C12H17Cl2N3O/c1-3-7-12(13,14)11(16-9(2)18)17-10-6-4-5-8-15-10/h4-6,8,11H,3,7H2,1-2H3,(H,15,17)(H,16,18). The quantitative estimate of drug-likeness (QED) is 0.625. The Hall–Kier alpha value is -1.00. The predicted octanol–water partition coefficient (Wildman–Crippen LogP) is 2.93. The number of pyridine rings is 1. The molecule has 1 heterocycles. The molecule has 0 fully saturated rings. The van der Waals surface area contributed by atoms with Gasteiger partial charge in [-0.25, -0.2) is 4.98 Å². The minimum absolute atomic E-state index is 0.204. The fraction of sp³-hybridized carbons (Fsp3) is 0.500. The van der Waals surface area contributed by atoms with Crippen molar-refractivity contribution in [3.63, 3.8) is 0 Å². The van der Waals surface area contributed by atoms with Crippen molar-refractivity contribution in [2.45, 2.75) is 37.2 Å². The second-order valence-corrected chi connectivity index (χ2v) is 5.55. The number of hydrogen-bond acceptors (Lipinski definition) is 3. The molecule has 6 heteroatoms. The van der Waals surface area contributed by atoms with Gasteiger partial charge in [0, 0.05) is 13.1 Å². The number of rotatable bonds is 6. The lowest BCUT2D eigenvalue weighted by molar-refractivity contribution is -0.119. The van der Waals surface area contributed by atoms with Crippen LogP contribution in [0, 0.1) is 0 Å². The molecular formula is C12H17Cl2N3O. The van der Waals surface area contributed by atoms with E-state index in [9.17, 15) is 4.79 Å². The van der Waals surface area contributed by atoms with Gasteiger partial charge in [-0.1, -0.05) is 42.6 Å². The monoisotopic (exact) mass is 289 g/mol. The van der Waals surface area contributed by atoms with Gasteiger partial charge < -0.3 is 10.6 Å². The Morgan fingerprint density at radius 2 is 2.22 bits per heavy atom. The van der Waals surface area contributed by atoms with Crippen molar-refractivity contribution in [2.24, 2.45) is 0 Å². The van der Waals surface area contributed by atoms with Crippen LogP contribution in [-0.2, 0) is 4.79 Å². The highest BCUT2D eigenvalue weighted by molar-refractivity contribution is 6.49. The highest BCUT2D eigenvalue weighted by Crippen LogP contribution is 2.31. The van der Waals surface area contributed by atoms with Gasteiger partial charge in [-0.05, 0) is 18.6 Å². The molecule has 1 aromatic heterocycles. The minimum Gasteiger partial charge on any atom is -0.348 e. The minimum atomic E-state index is -1.09. The second-order valence-electron chi connectivity index (χ2n) is 4.00. The molecule has 0 aliphatic heterocycles. The Morgan fingerprint density at radius 1 is 1.50 bits per heavy atom. The maximum Gasteiger partial charge on any atom is 0.218 e. The van der Waals surface area contributed by atoms with E-state index in [2.05, 4.69) is 15.6 Å². The van der Waals surface area contributed by atoms with Gasteiger partial charge in [0.25, 0.3) is 0 Å². The number of alkyl halides is 2. The van der Waals surface area contributed by atoms with Gasteiger partial charge in [0.1, 0.15) is 12.0 Å². The lowest BCUT2D eigenvalue weighted by Crippen LogP contribution is -2.51. The first-order chi connectivity index (χ1) is 8.45. The molecule has 0 spiro atoms. The van der Waals surface area contributed by atoms with Gasteiger partial charge in [0.15, 0.2) is 4.33 Å². The fourth-order valence-electron chi connectivity index (χ4n) is 1.52. The molecule has 1 amide bonds. The summed E-state index contributed by atoms with van der Waals surface area (Å²) in [5, 5.41) is 5.73. The molecule has 18 heavy (non-hydrogen) atoms. The molecule has 0 saturated heterocycles. The number of hydrogen-bond donors (Lipinski definition) is 2. The predicted molar refractivity (Wildman–Crippen MR) is 74.8 cm³/mol. The molecule has 1 atom stereocenters. The van der Waals surface area contributed by atoms with E-state index in [1.807, 2.05) is 13.0 Å². The third-order valence-electron chi connectivity index (χ3n) is 2.31. The van der Waals surface area contributed by atoms with Crippen LogP contribution in [0.15, 0.2) is 24.4 Å². The van der Waals surface area contributed by atoms with Gasteiger partial charge >= 0.3 is 0 Å². The summed E-state index contributed by atoms with van der Waals surface area (Å²) in [5.41, 5.74) is 0. The third-order valence-corrected chi connectivity index (χ3v) is 3.12. The van der Waals surface area contributed by atoms with Crippen LogP contribution in [0.5, 0.6) is 0 Å². The Bertz CT molecular complexity index is 384. The zero-order valence-electron chi connectivity index (χ0n) is 10.4. The Labute approximate surface area is 117 Å². The normalized spacial score (nSPS) is 12.9. The first-order valence-corrected chi connectivity index (χ1v) is 6.54. The number of nitrogens with one attached hydrogen (secondary N) is 2. The van der Waals surface area contributed by atoms with E-state index in [0.29, 0.717) is 12.2 Å². The molecule has 0 saturated carbocycles. The number of amides is 1. The SMILES string of the molecule is CCCC(Cl)(Cl)C(NC(C)=O)Nc1ccccn1. The van der Waals surface area contributed by atoms with Crippen LogP contribution in [0.1, 0.15) is 26.7 Å². The van der Waals surface area contributed by atoms with E-state index in [1.54, 1.807) is 18.3 Å². The number of anilines is 1. The fourth-order valence-corrected chi connectivity index (χ4v) is 2.12. The molecule has 4 nitrogen and oxygen atoms in total. The third kappa shape index (κ3) is 4.70. The first-order valence-electron chi connectivity index (χ1n) is 5.78. The summed E-state index contributed by atoms with van der Waals surface area (Å²) in [6.07, 6.45) is 2.43. The summed E-state index contributed by atoms with van der Waals surface area (Å²) in [4.78, 5) is 15.3. The smallest absolute Gasteiger partial charge is 0.218 e. The molecule has 0 bridgehead atoms. The maximum absolute atomic E-state index is 11.2. The largest absolute Gasteiger partial charge is 0.348 e. The average molecular weight is 290 g/mol. The van der Waals surface area contributed by atoms with E-state index in [1.165, 1.54) is 6.92 Å². The van der Waals surface area contributed by atoms with Crippen molar-refractivity contribution in [3.8, 4) is 0 Å². The van der Waals surface area contributed by atoms with Gasteiger partial charge in [-0.2, -0.15) is 0 Å². The number of carbonyl (C=O) groups is 1. The molecule has 1 unspecified atom stereocenters. The van der Waals surface area contributed by atoms with Crippen molar-refractivity contribution < 1.29 is 4.79 Å². The molecule has 0 aliphatic rings. The Balaban J connectivity index is 2.81. The molecular weight excluding hydrogens is 273 g/mol. The zero-order chi connectivity index (χ0) is 13.6. The van der Waals surface area contributed by atoms with Crippen LogP contribution in [0.4, 0.5) is 5.82 Å². The van der Waals surface area contributed by atoms with Crippen molar-refractivity contribution >= 4 is 34.9 Å². The molecule has 100 valence electrons. The molecule has 0 aromatic carbocycles. The van der Waals surface area contributed by atoms with Gasteiger partial charge in [-0.15, -0.1) is 0 Å². The average Bonchev–Trinajstić information content (AvgIpc) is 2.29. The van der Waals surface area contributed by atoms with Gasteiger partial charge in [-0.3, -0.25) is 4.79 Å². The lowest BCUT2D eigenvalue weighted by Gasteiger charge is -2.31. The van der Waals surface area contributed by atoms with Crippen LogP contribution in [0.3, 0.4) is 0 Å². The summed E-state index contributed by atoms with van der Waals surface area (Å²) in [6.45, 7) is 3.40. The summed E-state index contributed by atoms with van der Waals surface area (Å²) in [7, 11) is 0. The highest BCUT2D eigenvalue weighted by atomic mass is 35.5. The number of nitrogens with zero attached hydrogens (tertiary/aromatic N) is 1. The molecule has 1 rings (SSSR count). The van der Waals surface area contributed by atoms with Crippen LogP contribution in [-0.4, -0.2) is 21.4 Å². The van der Waals surface area contributed by atoms with Crippen molar-refractivity contribution in [1.29, 1.82) is 0 Å². The number of aromatic nitrogens is 1. The van der Waals surface area contributed by atoms with Crippen LogP contribution < -0.4 is 10.6 Å². The second kappa shape index (κ2) is 6.81. The number of carbonyl (C=O) groups excluding carboxylic acids is 1. The summed E-state index contributed by atoms with van der Waals surface area (Å²) in [5.74, 6) is 0.406. The van der Waals surface area contributed by atoms with Crippen molar-refractivity contribution in [1.82, 2.24) is 10.3 Å². The van der Waals surface area contributed by atoms with E-state index in [4.69, 9.17) is 23.2 Å².